The third-order valence-electron chi connectivity index (χ3n) is 3.64. The molecule has 0 saturated carbocycles. The molecule has 1 atom stereocenters. The second-order valence-corrected chi connectivity index (χ2v) is 5.30. The van der Waals surface area contributed by atoms with E-state index in [0.717, 1.165) is 30.2 Å². The van der Waals surface area contributed by atoms with Crippen molar-refractivity contribution in [2.24, 2.45) is 11.7 Å². The summed E-state index contributed by atoms with van der Waals surface area (Å²) in [5.41, 5.74) is 9.00. The van der Waals surface area contributed by atoms with Crippen molar-refractivity contribution in [3.8, 4) is 5.88 Å². The van der Waals surface area contributed by atoms with Gasteiger partial charge in [-0.15, -0.1) is 0 Å². The molecule has 19 heavy (non-hydrogen) atoms. The first-order valence-electron chi connectivity index (χ1n) is 7.42. The van der Waals surface area contributed by atoms with Crippen molar-refractivity contribution in [2.45, 2.75) is 59.9 Å². The van der Waals surface area contributed by atoms with Gasteiger partial charge in [-0.2, -0.15) is 0 Å². The van der Waals surface area contributed by atoms with Crippen molar-refractivity contribution in [3.05, 3.63) is 22.9 Å². The zero-order valence-electron chi connectivity index (χ0n) is 12.8. The van der Waals surface area contributed by atoms with Crippen LogP contribution in [0, 0.1) is 19.8 Å². The van der Waals surface area contributed by atoms with Crippen molar-refractivity contribution in [1.82, 2.24) is 4.98 Å². The van der Waals surface area contributed by atoms with E-state index in [1.165, 1.54) is 24.8 Å². The zero-order valence-corrected chi connectivity index (χ0v) is 12.8. The second kappa shape index (κ2) is 8.16. The Labute approximate surface area is 117 Å². The van der Waals surface area contributed by atoms with Gasteiger partial charge in [0.15, 0.2) is 0 Å². The van der Waals surface area contributed by atoms with E-state index in [-0.39, 0.29) is 0 Å². The molecule has 1 rings (SSSR count). The van der Waals surface area contributed by atoms with Gasteiger partial charge in [0, 0.05) is 17.8 Å². The molecule has 0 aliphatic rings. The minimum atomic E-state index is 0.486. The molecule has 0 aliphatic heterocycles. The molecule has 3 heteroatoms. The quantitative estimate of drug-likeness (QED) is 0.778. The minimum absolute atomic E-state index is 0.486. The van der Waals surface area contributed by atoms with Gasteiger partial charge in [-0.1, -0.05) is 33.1 Å². The fourth-order valence-electron chi connectivity index (χ4n) is 2.29. The van der Waals surface area contributed by atoms with E-state index in [0.29, 0.717) is 12.5 Å². The third-order valence-corrected chi connectivity index (χ3v) is 3.64. The summed E-state index contributed by atoms with van der Waals surface area (Å²) in [5, 5.41) is 0. The monoisotopic (exact) mass is 264 g/mol. The van der Waals surface area contributed by atoms with Crippen LogP contribution in [0.25, 0.3) is 0 Å². The number of aromatic nitrogens is 1. The molecule has 0 saturated heterocycles. The number of rotatable bonds is 8. The van der Waals surface area contributed by atoms with Crippen LogP contribution in [-0.4, -0.2) is 11.6 Å². The molecule has 0 aromatic carbocycles. The summed E-state index contributed by atoms with van der Waals surface area (Å²) in [4.78, 5) is 4.49. The fourth-order valence-corrected chi connectivity index (χ4v) is 2.29. The SMILES string of the molecule is CCCCC(CC)COc1nc(C)cc(C)c1CN. The Kier molecular flexibility index (Phi) is 6.85. The highest BCUT2D eigenvalue weighted by atomic mass is 16.5. The number of nitrogens with two attached hydrogens (primary N) is 1. The highest BCUT2D eigenvalue weighted by molar-refractivity contribution is 5.35. The van der Waals surface area contributed by atoms with E-state index < -0.39 is 0 Å². The predicted octanol–water partition coefficient (Wildman–Crippen LogP) is 3.75. The Hall–Kier alpha value is -1.09. The van der Waals surface area contributed by atoms with E-state index in [4.69, 9.17) is 10.5 Å². The number of ether oxygens (including phenoxy) is 1. The van der Waals surface area contributed by atoms with Crippen LogP contribution < -0.4 is 10.5 Å². The summed E-state index contributed by atoms with van der Waals surface area (Å²) < 4.78 is 5.95. The maximum atomic E-state index is 5.95. The van der Waals surface area contributed by atoms with Gasteiger partial charge < -0.3 is 10.5 Å². The van der Waals surface area contributed by atoms with E-state index in [2.05, 4.69) is 31.8 Å². The topological polar surface area (TPSA) is 48.1 Å². The first kappa shape index (κ1) is 16.0. The number of nitrogens with zero attached hydrogens (tertiary/aromatic N) is 1. The molecule has 0 bridgehead atoms. The lowest BCUT2D eigenvalue weighted by Gasteiger charge is -2.17. The molecule has 1 unspecified atom stereocenters. The van der Waals surface area contributed by atoms with Crippen LogP contribution in [-0.2, 0) is 6.54 Å². The summed E-state index contributed by atoms with van der Waals surface area (Å²) in [6.45, 7) is 9.75. The number of aryl methyl sites for hydroxylation is 2. The molecule has 0 fully saturated rings. The summed E-state index contributed by atoms with van der Waals surface area (Å²) in [7, 11) is 0. The van der Waals surface area contributed by atoms with Gasteiger partial charge in [0.1, 0.15) is 0 Å². The number of hydrogen-bond acceptors (Lipinski definition) is 3. The van der Waals surface area contributed by atoms with E-state index in [1.54, 1.807) is 0 Å². The number of hydrogen-bond donors (Lipinski definition) is 1. The Morgan fingerprint density at radius 1 is 1.32 bits per heavy atom. The van der Waals surface area contributed by atoms with Crippen molar-refractivity contribution in [2.75, 3.05) is 6.61 Å². The van der Waals surface area contributed by atoms with Crippen LogP contribution in [0.5, 0.6) is 5.88 Å². The van der Waals surface area contributed by atoms with E-state index >= 15 is 0 Å². The van der Waals surface area contributed by atoms with Crippen LogP contribution in [0.3, 0.4) is 0 Å². The molecule has 1 aromatic heterocycles. The lowest BCUT2D eigenvalue weighted by molar-refractivity contribution is 0.223. The van der Waals surface area contributed by atoms with Crippen molar-refractivity contribution in [1.29, 1.82) is 0 Å². The Morgan fingerprint density at radius 3 is 2.63 bits per heavy atom. The smallest absolute Gasteiger partial charge is 0.218 e. The molecule has 2 N–H and O–H groups in total. The van der Waals surface area contributed by atoms with Crippen molar-refractivity contribution < 1.29 is 4.74 Å². The lowest BCUT2D eigenvalue weighted by atomic mass is 10.0. The van der Waals surface area contributed by atoms with Crippen molar-refractivity contribution in [3.63, 3.8) is 0 Å². The molecule has 3 nitrogen and oxygen atoms in total. The molecule has 0 aliphatic carbocycles. The van der Waals surface area contributed by atoms with Gasteiger partial charge in [0.05, 0.1) is 6.61 Å². The highest BCUT2D eigenvalue weighted by Gasteiger charge is 2.12. The minimum Gasteiger partial charge on any atom is -0.477 e. The summed E-state index contributed by atoms with van der Waals surface area (Å²) >= 11 is 0. The van der Waals surface area contributed by atoms with Gasteiger partial charge in [-0.05, 0) is 37.8 Å². The standard InChI is InChI=1S/C16H28N2O/c1-5-7-8-14(6-2)11-19-16-15(10-17)12(3)9-13(4)18-16/h9,14H,5-8,10-11,17H2,1-4H3. The molecular formula is C16H28N2O. The van der Waals surface area contributed by atoms with E-state index in [1.807, 2.05) is 6.92 Å². The number of unbranched alkanes of at least 4 members (excludes halogenated alkanes) is 1. The average Bonchev–Trinajstić information content (AvgIpc) is 2.38. The Bertz CT molecular complexity index is 391. The van der Waals surface area contributed by atoms with Crippen LogP contribution in [0.1, 0.15) is 56.4 Å². The Morgan fingerprint density at radius 2 is 2.05 bits per heavy atom. The molecule has 0 spiro atoms. The van der Waals surface area contributed by atoms with Gasteiger partial charge in [0.2, 0.25) is 5.88 Å². The molecule has 108 valence electrons. The van der Waals surface area contributed by atoms with Crippen LogP contribution in [0.4, 0.5) is 0 Å². The first-order chi connectivity index (χ1) is 9.12. The first-order valence-corrected chi connectivity index (χ1v) is 7.42. The molecule has 0 radical (unpaired) electrons. The van der Waals surface area contributed by atoms with Gasteiger partial charge >= 0.3 is 0 Å². The van der Waals surface area contributed by atoms with Gasteiger partial charge in [-0.3, -0.25) is 0 Å². The zero-order chi connectivity index (χ0) is 14.3. The lowest BCUT2D eigenvalue weighted by Crippen LogP contribution is -2.14. The van der Waals surface area contributed by atoms with Crippen LogP contribution in [0.2, 0.25) is 0 Å². The molecule has 1 aromatic rings. The summed E-state index contributed by atoms with van der Waals surface area (Å²) in [5.74, 6) is 1.35. The Balaban J connectivity index is 2.70. The molecule has 1 heterocycles. The summed E-state index contributed by atoms with van der Waals surface area (Å²) in [6.07, 6.45) is 4.90. The average molecular weight is 264 g/mol. The van der Waals surface area contributed by atoms with Gasteiger partial charge in [0.25, 0.3) is 0 Å². The third kappa shape index (κ3) is 4.83. The molecular weight excluding hydrogens is 236 g/mol. The summed E-state index contributed by atoms with van der Waals surface area (Å²) in [6, 6.07) is 2.06. The number of pyridine rings is 1. The molecule has 0 amide bonds. The van der Waals surface area contributed by atoms with E-state index in [9.17, 15) is 0 Å². The normalized spacial score (nSPS) is 12.5. The fraction of sp³-hybridized carbons (Fsp3) is 0.688. The van der Waals surface area contributed by atoms with Gasteiger partial charge in [-0.25, -0.2) is 4.98 Å². The second-order valence-electron chi connectivity index (χ2n) is 5.30. The maximum Gasteiger partial charge on any atom is 0.218 e. The largest absolute Gasteiger partial charge is 0.477 e. The maximum absolute atomic E-state index is 5.95. The predicted molar refractivity (Wildman–Crippen MR) is 80.4 cm³/mol. The van der Waals surface area contributed by atoms with Crippen LogP contribution in [0.15, 0.2) is 6.07 Å². The highest BCUT2D eigenvalue weighted by Crippen LogP contribution is 2.22. The van der Waals surface area contributed by atoms with Crippen molar-refractivity contribution >= 4 is 0 Å². The van der Waals surface area contributed by atoms with Crippen LogP contribution >= 0.6 is 0 Å².